The number of nitrogens with zero attached hydrogens (tertiary/aromatic N) is 5. The Kier molecular flexibility index (Phi) is 3.83. The van der Waals surface area contributed by atoms with Crippen LogP contribution in [0.15, 0.2) is 29.2 Å². The molecule has 5 rings (SSSR count). The Labute approximate surface area is 167 Å². The normalized spacial score (nSPS) is 21.5. The summed E-state index contributed by atoms with van der Waals surface area (Å²) in [7, 11) is -3.32. The van der Waals surface area contributed by atoms with Crippen LogP contribution in [0.1, 0.15) is 31.5 Å². The van der Waals surface area contributed by atoms with E-state index in [0.29, 0.717) is 11.5 Å². The largest absolute Gasteiger partial charge is 0.325 e. The number of carbonyl (C=O) groups excluding carboxylic acids is 2. The van der Waals surface area contributed by atoms with E-state index in [9.17, 15) is 18.0 Å². The number of rotatable bonds is 6. The highest BCUT2D eigenvalue weighted by Crippen LogP contribution is 2.54. The van der Waals surface area contributed by atoms with Crippen molar-refractivity contribution in [2.75, 3.05) is 6.26 Å². The van der Waals surface area contributed by atoms with Crippen molar-refractivity contribution in [3.63, 3.8) is 0 Å². The molecule has 0 spiro atoms. The minimum atomic E-state index is -3.32. The molecule has 0 radical (unpaired) electrons. The van der Waals surface area contributed by atoms with Gasteiger partial charge in [0.2, 0.25) is 0 Å². The number of imide groups is 1. The van der Waals surface area contributed by atoms with Crippen molar-refractivity contribution in [3.05, 3.63) is 30.1 Å². The van der Waals surface area contributed by atoms with Crippen molar-refractivity contribution >= 4 is 21.8 Å². The second-order valence-corrected chi connectivity index (χ2v) is 10.0. The summed E-state index contributed by atoms with van der Waals surface area (Å²) in [5.74, 6) is 0.574. The van der Waals surface area contributed by atoms with Gasteiger partial charge in [-0.2, -0.15) is 4.68 Å². The first-order chi connectivity index (χ1) is 13.8. The van der Waals surface area contributed by atoms with Crippen molar-refractivity contribution in [1.82, 2.24) is 30.4 Å². The SMILES string of the molecule is CS(=O)(=O)c1ccc(-n2nnnc2CN2C(=O)NC(C3CC3)(C3CC3)C2=O)cc1. The van der Waals surface area contributed by atoms with Crippen LogP contribution >= 0.6 is 0 Å². The highest BCUT2D eigenvalue weighted by Gasteiger charge is 2.65. The Hall–Kier alpha value is -2.82. The molecule has 1 saturated heterocycles. The van der Waals surface area contributed by atoms with Crippen molar-refractivity contribution in [1.29, 1.82) is 0 Å². The second-order valence-electron chi connectivity index (χ2n) is 8.01. The van der Waals surface area contributed by atoms with Crippen molar-refractivity contribution in [3.8, 4) is 5.69 Å². The predicted octanol–water partition coefficient (Wildman–Crippen LogP) is 0.676. The van der Waals surface area contributed by atoms with Gasteiger partial charge in [0.05, 0.1) is 17.1 Å². The van der Waals surface area contributed by atoms with Crippen LogP contribution in [0.5, 0.6) is 0 Å². The van der Waals surface area contributed by atoms with Gasteiger partial charge >= 0.3 is 6.03 Å². The van der Waals surface area contributed by atoms with E-state index in [-0.39, 0.29) is 29.2 Å². The van der Waals surface area contributed by atoms with Crippen LogP contribution in [-0.2, 0) is 21.2 Å². The maximum atomic E-state index is 13.2. The highest BCUT2D eigenvalue weighted by atomic mass is 32.2. The molecular weight excluding hydrogens is 396 g/mol. The van der Waals surface area contributed by atoms with Crippen molar-refractivity contribution in [2.45, 2.75) is 42.7 Å². The molecule has 0 bridgehead atoms. The van der Waals surface area contributed by atoms with Gasteiger partial charge in [0.15, 0.2) is 15.7 Å². The first kappa shape index (κ1) is 18.2. The molecule has 0 atom stereocenters. The van der Waals surface area contributed by atoms with E-state index >= 15 is 0 Å². The zero-order valence-electron chi connectivity index (χ0n) is 15.8. The van der Waals surface area contributed by atoms with Gasteiger partial charge in [-0.1, -0.05) is 0 Å². The average Bonchev–Trinajstić information content (AvgIpc) is 3.61. The fourth-order valence-corrected chi connectivity index (χ4v) is 4.83. The smallest absolute Gasteiger partial charge is 0.323 e. The molecule has 3 aliphatic rings. The summed E-state index contributed by atoms with van der Waals surface area (Å²) in [6.45, 7) is -0.0489. The zero-order valence-corrected chi connectivity index (χ0v) is 16.6. The maximum absolute atomic E-state index is 13.2. The minimum absolute atomic E-state index is 0.0489. The van der Waals surface area contributed by atoms with Crippen molar-refractivity contribution in [2.24, 2.45) is 11.8 Å². The lowest BCUT2D eigenvalue weighted by molar-refractivity contribution is -0.133. The first-order valence-corrected chi connectivity index (χ1v) is 11.4. The number of nitrogens with one attached hydrogen (secondary N) is 1. The summed E-state index contributed by atoms with van der Waals surface area (Å²) in [4.78, 5) is 27.3. The number of aromatic nitrogens is 4. The number of benzene rings is 1. The topological polar surface area (TPSA) is 127 Å². The molecule has 3 fully saturated rings. The molecule has 1 aromatic heterocycles. The monoisotopic (exact) mass is 416 g/mol. The average molecular weight is 416 g/mol. The van der Waals surface area contributed by atoms with Gasteiger partial charge < -0.3 is 5.32 Å². The number of tetrazole rings is 1. The molecule has 152 valence electrons. The van der Waals surface area contributed by atoms with E-state index in [4.69, 9.17) is 0 Å². The third kappa shape index (κ3) is 2.91. The fraction of sp³-hybridized carbons (Fsp3) is 0.500. The Morgan fingerprint density at radius 2 is 1.72 bits per heavy atom. The molecule has 1 aromatic carbocycles. The van der Waals surface area contributed by atoms with Gasteiger partial charge in [-0.25, -0.2) is 13.2 Å². The van der Waals surface area contributed by atoms with Crippen LogP contribution in [0.4, 0.5) is 4.79 Å². The van der Waals surface area contributed by atoms with E-state index in [1.165, 1.54) is 21.7 Å². The van der Waals surface area contributed by atoms with Crippen LogP contribution in [0.3, 0.4) is 0 Å². The molecule has 2 heterocycles. The number of carbonyl (C=O) groups is 2. The molecule has 1 aliphatic heterocycles. The second kappa shape index (κ2) is 6.09. The molecule has 2 aliphatic carbocycles. The van der Waals surface area contributed by atoms with Crippen LogP contribution in [0.25, 0.3) is 5.69 Å². The van der Waals surface area contributed by atoms with E-state index in [1.54, 1.807) is 12.1 Å². The third-order valence-corrected chi connectivity index (χ3v) is 7.07. The molecule has 0 unspecified atom stereocenters. The van der Waals surface area contributed by atoms with Crippen LogP contribution < -0.4 is 5.32 Å². The summed E-state index contributed by atoms with van der Waals surface area (Å²) < 4.78 is 24.7. The summed E-state index contributed by atoms with van der Waals surface area (Å²) in [5.41, 5.74) is -0.216. The summed E-state index contributed by atoms with van der Waals surface area (Å²) in [6.07, 6.45) is 4.97. The summed E-state index contributed by atoms with van der Waals surface area (Å²) in [5, 5.41) is 14.6. The zero-order chi connectivity index (χ0) is 20.4. The van der Waals surface area contributed by atoms with Crippen LogP contribution in [0, 0.1) is 11.8 Å². The first-order valence-electron chi connectivity index (χ1n) is 9.52. The number of hydrogen-bond acceptors (Lipinski definition) is 7. The Morgan fingerprint density at radius 3 is 2.28 bits per heavy atom. The molecule has 10 nitrogen and oxygen atoms in total. The lowest BCUT2D eigenvalue weighted by Crippen LogP contribution is -2.51. The summed E-state index contributed by atoms with van der Waals surface area (Å²) in [6, 6.07) is 5.70. The fourth-order valence-electron chi connectivity index (χ4n) is 4.20. The van der Waals surface area contributed by atoms with Crippen LogP contribution in [-0.4, -0.2) is 57.3 Å². The van der Waals surface area contributed by atoms with Crippen LogP contribution in [0.2, 0.25) is 0 Å². The number of urea groups is 1. The molecule has 1 N–H and O–H groups in total. The van der Waals surface area contributed by atoms with E-state index < -0.39 is 21.4 Å². The van der Waals surface area contributed by atoms with Gasteiger partial charge in [-0.15, -0.1) is 5.10 Å². The predicted molar refractivity (Wildman–Crippen MR) is 99.5 cm³/mol. The maximum Gasteiger partial charge on any atom is 0.325 e. The van der Waals surface area contributed by atoms with Gasteiger partial charge in [0, 0.05) is 6.26 Å². The Bertz CT molecular complexity index is 1090. The molecule has 2 saturated carbocycles. The van der Waals surface area contributed by atoms with Gasteiger partial charge in [0.25, 0.3) is 5.91 Å². The number of hydrogen-bond donors (Lipinski definition) is 1. The minimum Gasteiger partial charge on any atom is -0.323 e. The number of amides is 3. The highest BCUT2D eigenvalue weighted by molar-refractivity contribution is 7.90. The van der Waals surface area contributed by atoms with Crippen molar-refractivity contribution < 1.29 is 18.0 Å². The lowest BCUT2D eigenvalue weighted by atomic mass is 9.87. The molecular formula is C18H20N6O4S. The van der Waals surface area contributed by atoms with E-state index in [1.807, 2.05) is 0 Å². The molecule has 3 amide bonds. The Balaban J connectivity index is 1.42. The van der Waals surface area contributed by atoms with E-state index in [0.717, 1.165) is 31.9 Å². The van der Waals surface area contributed by atoms with E-state index in [2.05, 4.69) is 20.8 Å². The van der Waals surface area contributed by atoms with Gasteiger partial charge in [0.1, 0.15) is 5.54 Å². The Morgan fingerprint density at radius 1 is 1.10 bits per heavy atom. The third-order valence-electron chi connectivity index (χ3n) is 5.94. The molecule has 11 heteroatoms. The molecule has 2 aromatic rings. The quantitative estimate of drug-likeness (QED) is 0.686. The lowest BCUT2D eigenvalue weighted by Gasteiger charge is -2.26. The summed E-state index contributed by atoms with van der Waals surface area (Å²) >= 11 is 0. The number of sulfone groups is 1. The van der Waals surface area contributed by atoms with Gasteiger partial charge in [-0.05, 0) is 72.2 Å². The standard InChI is InChI=1S/C18H20N6O4S/c1-29(27,28)14-8-6-13(7-9-14)24-15(20-21-22-24)10-23-16(25)18(11-2-3-11,12-4-5-12)19-17(23)26/h6-9,11-12H,2-5,10H2,1H3,(H,19,26). The van der Waals surface area contributed by atoms with Gasteiger partial charge in [-0.3, -0.25) is 9.69 Å². The molecule has 29 heavy (non-hydrogen) atoms.